The maximum Gasteiger partial charge on any atom is 0.261 e. The summed E-state index contributed by atoms with van der Waals surface area (Å²) in [6.45, 7) is 1.55. The van der Waals surface area contributed by atoms with E-state index in [-0.39, 0.29) is 27.3 Å². The third-order valence-electron chi connectivity index (χ3n) is 3.25. The monoisotopic (exact) mass is 303 g/mol. The third-order valence-corrected chi connectivity index (χ3v) is 6.34. The van der Waals surface area contributed by atoms with Crippen molar-refractivity contribution in [3.8, 4) is 0 Å². The van der Waals surface area contributed by atoms with E-state index in [9.17, 15) is 13.2 Å². The van der Waals surface area contributed by atoms with Crippen molar-refractivity contribution in [3.05, 3.63) is 4.88 Å². The summed E-state index contributed by atoms with van der Waals surface area (Å²) in [5.41, 5.74) is 11.0. The number of hydrogen-bond donors (Lipinski definition) is 3. The Morgan fingerprint density at radius 1 is 1.47 bits per heavy atom. The first-order valence-electron chi connectivity index (χ1n) is 6.08. The van der Waals surface area contributed by atoms with E-state index < -0.39 is 15.7 Å². The molecule has 1 amide bonds. The van der Waals surface area contributed by atoms with Gasteiger partial charge in [-0.05, 0) is 19.3 Å². The number of hydrogen-bond acceptors (Lipinski definition) is 6. The molecule has 0 unspecified atom stereocenters. The predicted octanol–water partition coefficient (Wildman–Crippen LogP) is 1.19. The lowest BCUT2D eigenvalue weighted by atomic mass is 9.93. The number of nitrogens with two attached hydrogens (primary N) is 2. The molecule has 1 aliphatic carbocycles. The molecule has 106 valence electrons. The fourth-order valence-electron chi connectivity index (χ4n) is 1.90. The number of amides is 1. The van der Waals surface area contributed by atoms with Gasteiger partial charge in [0.2, 0.25) is 0 Å². The van der Waals surface area contributed by atoms with Crippen molar-refractivity contribution in [2.24, 2.45) is 5.73 Å². The lowest BCUT2D eigenvalue weighted by Crippen LogP contribution is -2.27. The second-order valence-electron chi connectivity index (χ2n) is 4.54. The Bertz CT molecular complexity index is 603. The molecule has 2 rings (SSSR count). The minimum absolute atomic E-state index is 0.0267. The largest absolute Gasteiger partial charge is 0.396 e. The van der Waals surface area contributed by atoms with Crippen LogP contribution in [0.3, 0.4) is 0 Å². The van der Waals surface area contributed by atoms with Crippen LogP contribution in [-0.2, 0) is 9.84 Å². The number of carbonyl (C=O) groups excluding carboxylic acids is 1. The van der Waals surface area contributed by atoms with E-state index in [0.717, 1.165) is 30.6 Å². The Kier molecular flexibility index (Phi) is 3.73. The molecular formula is C11H17N3O3S2. The van der Waals surface area contributed by atoms with E-state index in [2.05, 4.69) is 5.32 Å². The van der Waals surface area contributed by atoms with E-state index in [1.165, 1.54) is 0 Å². The number of nitrogens with one attached hydrogen (secondary N) is 1. The molecule has 0 radical (unpaired) electrons. The summed E-state index contributed by atoms with van der Waals surface area (Å²) in [5.74, 6) is -0.761. The molecule has 0 aromatic carbocycles. The fraction of sp³-hybridized carbons (Fsp3) is 0.545. The summed E-state index contributed by atoms with van der Waals surface area (Å²) in [5, 5.41) is 3.60. The van der Waals surface area contributed by atoms with E-state index in [1.54, 1.807) is 6.92 Å². The van der Waals surface area contributed by atoms with E-state index >= 15 is 0 Å². The highest BCUT2D eigenvalue weighted by Gasteiger charge is 2.30. The summed E-state index contributed by atoms with van der Waals surface area (Å²) in [6.07, 6.45) is 3.11. The van der Waals surface area contributed by atoms with Crippen LogP contribution in [0.15, 0.2) is 4.90 Å². The van der Waals surface area contributed by atoms with Gasteiger partial charge in [-0.1, -0.05) is 6.92 Å². The predicted molar refractivity (Wildman–Crippen MR) is 76.2 cm³/mol. The van der Waals surface area contributed by atoms with Crippen LogP contribution in [-0.4, -0.2) is 26.1 Å². The quantitative estimate of drug-likeness (QED) is 0.755. The van der Waals surface area contributed by atoms with Crippen LogP contribution in [0.5, 0.6) is 0 Å². The fourth-order valence-corrected chi connectivity index (χ4v) is 4.48. The Morgan fingerprint density at radius 2 is 2.11 bits per heavy atom. The molecule has 1 saturated carbocycles. The van der Waals surface area contributed by atoms with Gasteiger partial charge in [0.25, 0.3) is 5.91 Å². The molecule has 0 aliphatic heterocycles. The zero-order valence-electron chi connectivity index (χ0n) is 10.6. The minimum atomic E-state index is -3.49. The molecule has 8 heteroatoms. The Balaban J connectivity index is 2.50. The molecule has 0 atom stereocenters. The average Bonchev–Trinajstić information content (AvgIpc) is 2.61. The number of carbonyl (C=O) groups is 1. The number of anilines is 2. The van der Waals surface area contributed by atoms with Crippen molar-refractivity contribution in [3.63, 3.8) is 0 Å². The normalized spacial score (nSPS) is 16.1. The van der Waals surface area contributed by atoms with E-state index in [0.29, 0.717) is 5.00 Å². The zero-order valence-corrected chi connectivity index (χ0v) is 12.2. The van der Waals surface area contributed by atoms with Crippen LogP contribution in [0, 0.1) is 0 Å². The van der Waals surface area contributed by atoms with Crippen LogP contribution in [0.25, 0.3) is 0 Å². The first kappa shape index (κ1) is 14.1. The van der Waals surface area contributed by atoms with Gasteiger partial charge in [-0.2, -0.15) is 0 Å². The van der Waals surface area contributed by atoms with Crippen LogP contribution in [0.2, 0.25) is 0 Å². The molecule has 19 heavy (non-hydrogen) atoms. The third kappa shape index (κ3) is 2.55. The first-order chi connectivity index (χ1) is 8.86. The topological polar surface area (TPSA) is 115 Å². The Hall–Kier alpha value is -1.28. The molecule has 1 heterocycles. The molecule has 1 aromatic rings. The van der Waals surface area contributed by atoms with E-state index in [4.69, 9.17) is 11.5 Å². The van der Waals surface area contributed by atoms with Gasteiger partial charge in [-0.15, -0.1) is 11.3 Å². The number of primary amides is 1. The van der Waals surface area contributed by atoms with Gasteiger partial charge in [0.05, 0.1) is 11.4 Å². The van der Waals surface area contributed by atoms with Crippen molar-refractivity contribution in [1.29, 1.82) is 0 Å². The Morgan fingerprint density at radius 3 is 2.53 bits per heavy atom. The summed E-state index contributed by atoms with van der Waals surface area (Å²) in [6, 6.07) is 0.254. The van der Waals surface area contributed by atoms with Gasteiger partial charge >= 0.3 is 0 Å². The SMILES string of the molecule is CCS(=O)(=O)c1c(NC2CCC2)sc(C(N)=O)c1N. The van der Waals surface area contributed by atoms with Crippen molar-refractivity contribution < 1.29 is 13.2 Å². The standard InChI is InChI=1S/C11H17N3O3S2/c1-2-19(16,17)9-7(12)8(10(13)15)18-11(9)14-6-4-3-5-6/h6,14H,2-5,12H2,1H3,(H2,13,15). The van der Waals surface area contributed by atoms with Crippen LogP contribution < -0.4 is 16.8 Å². The first-order valence-corrected chi connectivity index (χ1v) is 8.55. The molecule has 5 N–H and O–H groups in total. The van der Waals surface area contributed by atoms with Gasteiger partial charge in [-0.25, -0.2) is 8.42 Å². The molecule has 0 bridgehead atoms. The van der Waals surface area contributed by atoms with Gasteiger partial charge in [0.15, 0.2) is 9.84 Å². The number of thiophene rings is 1. The van der Waals surface area contributed by atoms with Crippen LogP contribution in [0.4, 0.5) is 10.7 Å². The molecule has 1 fully saturated rings. The lowest BCUT2D eigenvalue weighted by Gasteiger charge is -2.27. The summed E-state index contributed by atoms with van der Waals surface area (Å²) in [7, 11) is -3.49. The molecule has 1 aromatic heterocycles. The van der Waals surface area contributed by atoms with Crippen molar-refractivity contribution in [2.45, 2.75) is 37.1 Å². The highest BCUT2D eigenvalue weighted by molar-refractivity contribution is 7.91. The summed E-state index contributed by atoms with van der Waals surface area (Å²) >= 11 is 1.02. The zero-order chi connectivity index (χ0) is 14.2. The van der Waals surface area contributed by atoms with Gasteiger partial charge in [0, 0.05) is 6.04 Å². The van der Waals surface area contributed by atoms with Crippen molar-refractivity contribution >= 4 is 37.8 Å². The number of nitrogen functional groups attached to an aromatic ring is 1. The number of sulfone groups is 1. The van der Waals surface area contributed by atoms with Crippen molar-refractivity contribution in [2.75, 3.05) is 16.8 Å². The highest BCUT2D eigenvalue weighted by atomic mass is 32.2. The molecule has 6 nitrogen and oxygen atoms in total. The summed E-state index contributed by atoms with van der Waals surface area (Å²) in [4.78, 5) is 11.4. The van der Waals surface area contributed by atoms with Gasteiger partial charge < -0.3 is 16.8 Å². The van der Waals surface area contributed by atoms with Gasteiger partial charge in [0.1, 0.15) is 14.8 Å². The lowest BCUT2D eigenvalue weighted by molar-refractivity contribution is 0.100. The molecular weight excluding hydrogens is 286 g/mol. The smallest absolute Gasteiger partial charge is 0.261 e. The molecule has 0 spiro atoms. The molecule has 1 aliphatic rings. The highest BCUT2D eigenvalue weighted by Crippen LogP contribution is 2.41. The van der Waals surface area contributed by atoms with E-state index in [1.807, 2.05) is 0 Å². The number of rotatable bonds is 5. The van der Waals surface area contributed by atoms with Gasteiger partial charge in [-0.3, -0.25) is 4.79 Å². The second kappa shape index (κ2) is 5.01. The maximum absolute atomic E-state index is 12.1. The van der Waals surface area contributed by atoms with Crippen LogP contribution in [0.1, 0.15) is 35.9 Å². The Labute approximate surface area is 116 Å². The molecule has 0 saturated heterocycles. The second-order valence-corrected chi connectivity index (χ2v) is 7.78. The van der Waals surface area contributed by atoms with Crippen molar-refractivity contribution in [1.82, 2.24) is 0 Å². The van der Waals surface area contributed by atoms with Crippen LogP contribution >= 0.6 is 11.3 Å². The summed E-state index contributed by atoms with van der Waals surface area (Å²) < 4.78 is 24.2. The maximum atomic E-state index is 12.1. The minimum Gasteiger partial charge on any atom is -0.396 e. The average molecular weight is 303 g/mol.